The molecule has 0 aromatic heterocycles. The fourth-order valence-electron chi connectivity index (χ4n) is 1.91. The Balaban J connectivity index is 2.00. The summed E-state index contributed by atoms with van der Waals surface area (Å²) in [6.45, 7) is 0.754. The average Bonchev–Trinajstić information content (AvgIpc) is 2.25. The maximum atomic E-state index is 11.1. The number of carbonyl (C=O) groups is 1. The van der Waals surface area contributed by atoms with Crippen LogP contribution < -0.4 is 0 Å². The largest absolute Gasteiger partial charge is 0.467 e. The number of carbonyl (C=O) groups excluding carboxylic acids is 1. The second-order valence-corrected chi connectivity index (χ2v) is 3.28. The van der Waals surface area contributed by atoms with Gasteiger partial charge in [-0.25, -0.2) is 4.79 Å². The predicted molar refractivity (Wildman–Crippen MR) is 38.0 cm³/mol. The van der Waals surface area contributed by atoms with E-state index in [0.29, 0.717) is 11.8 Å². The molecule has 2 aliphatic rings. The van der Waals surface area contributed by atoms with E-state index >= 15 is 0 Å². The first-order chi connectivity index (χ1) is 5.33. The standard InChI is InChI=1S/C8H12O3/c1-10-8(9)7-6-3-2-5(6)4-11-7/h5-7H,2-4H2,1H3/t5-,6-,7+/m1/s1. The van der Waals surface area contributed by atoms with Crippen LogP contribution in [0, 0.1) is 11.8 Å². The lowest BCUT2D eigenvalue weighted by molar-refractivity contribution is -0.153. The van der Waals surface area contributed by atoms with Crippen LogP contribution in [0.3, 0.4) is 0 Å². The molecule has 0 spiro atoms. The summed E-state index contributed by atoms with van der Waals surface area (Å²) in [6, 6.07) is 0. The maximum absolute atomic E-state index is 11.1. The SMILES string of the molecule is COC(=O)[C@H]1OC[C@H]2CC[C@H]21. The third-order valence-corrected chi connectivity index (χ3v) is 2.79. The molecule has 0 aromatic rings. The molecule has 3 nitrogen and oxygen atoms in total. The Hall–Kier alpha value is -0.570. The molecule has 11 heavy (non-hydrogen) atoms. The van der Waals surface area contributed by atoms with Crippen LogP contribution in [0.25, 0.3) is 0 Å². The van der Waals surface area contributed by atoms with E-state index < -0.39 is 0 Å². The number of ether oxygens (including phenoxy) is 2. The highest BCUT2D eigenvalue weighted by Crippen LogP contribution is 2.43. The normalized spacial score (nSPS) is 41.0. The lowest BCUT2D eigenvalue weighted by atomic mass is 9.73. The van der Waals surface area contributed by atoms with E-state index in [4.69, 9.17) is 4.74 Å². The molecule has 0 bridgehead atoms. The van der Waals surface area contributed by atoms with Crippen LogP contribution in [0.5, 0.6) is 0 Å². The predicted octanol–water partition coefficient (Wildman–Crippen LogP) is 0.584. The molecule has 1 aliphatic heterocycles. The first-order valence-electron chi connectivity index (χ1n) is 4.02. The summed E-state index contributed by atoms with van der Waals surface area (Å²) < 4.78 is 9.94. The third kappa shape index (κ3) is 0.948. The Bertz CT molecular complexity index is 178. The minimum atomic E-state index is -0.251. The van der Waals surface area contributed by atoms with E-state index in [1.165, 1.54) is 13.5 Å². The highest BCUT2D eigenvalue weighted by atomic mass is 16.6. The summed E-state index contributed by atoms with van der Waals surface area (Å²) in [5.41, 5.74) is 0. The molecule has 1 heterocycles. The van der Waals surface area contributed by atoms with Crippen molar-refractivity contribution in [3.63, 3.8) is 0 Å². The number of fused-ring (bicyclic) bond motifs is 1. The van der Waals surface area contributed by atoms with Gasteiger partial charge < -0.3 is 9.47 Å². The van der Waals surface area contributed by atoms with Gasteiger partial charge in [-0.15, -0.1) is 0 Å². The Morgan fingerprint density at radius 1 is 1.55 bits per heavy atom. The van der Waals surface area contributed by atoms with Gasteiger partial charge in [-0.05, 0) is 18.8 Å². The fourth-order valence-corrected chi connectivity index (χ4v) is 1.91. The molecule has 0 unspecified atom stereocenters. The second-order valence-electron chi connectivity index (χ2n) is 3.28. The van der Waals surface area contributed by atoms with Crippen molar-refractivity contribution >= 4 is 5.97 Å². The van der Waals surface area contributed by atoms with Crippen molar-refractivity contribution in [2.75, 3.05) is 13.7 Å². The molecular formula is C8H12O3. The van der Waals surface area contributed by atoms with Gasteiger partial charge in [0.15, 0.2) is 6.10 Å². The van der Waals surface area contributed by atoms with Crippen molar-refractivity contribution in [2.45, 2.75) is 18.9 Å². The van der Waals surface area contributed by atoms with Gasteiger partial charge in [0.25, 0.3) is 0 Å². The molecule has 2 fully saturated rings. The van der Waals surface area contributed by atoms with E-state index in [2.05, 4.69) is 4.74 Å². The maximum Gasteiger partial charge on any atom is 0.335 e. The molecule has 3 heteroatoms. The van der Waals surface area contributed by atoms with E-state index in [1.807, 2.05) is 0 Å². The van der Waals surface area contributed by atoms with Gasteiger partial charge in [-0.2, -0.15) is 0 Å². The van der Waals surface area contributed by atoms with Gasteiger partial charge in [-0.1, -0.05) is 0 Å². The van der Waals surface area contributed by atoms with Crippen molar-refractivity contribution in [1.29, 1.82) is 0 Å². The van der Waals surface area contributed by atoms with Crippen molar-refractivity contribution in [3.05, 3.63) is 0 Å². The zero-order valence-electron chi connectivity index (χ0n) is 6.58. The number of rotatable bonds is 1. The van der Waals surface area contributed by atoms with Gasteiger partial charge in [0.05, 0.1) is 13.7 Å². The lowest BCUT2D eigenvalue weighted by Crippen LogP contribution is -2.35. The Morgan fingerprint density at radius 2 is 2.36 bits per heavy atom. The summed E-state index contributed by atoms with van der Waals surface area (Å²) in [6.07, 6.45) is 2.10. The molecule has 3 atom stereocenters. The first-order valence-corrected chi connectivity index (χ1v) is 4.02. The van der Waals surface area contributed by atoms with Crippen LogP contribution in [0.4, 0.5) is 0 Å². The molecule has 1 saturated carbocycles. The van der Waals surface area contributed by atoms with Crippen LogP contribution >= 0.6 is 0 Å². The highest BCUT2D eigenvalue weighted by molar-refractivity contribution is 5.75. The van der Waals surface area contributed by atoms with E-state index in [-0.39, 0.29) is 12.1 Å². The molecule has 1 saturated heterocycles. The molecule has 2 rings (SSSR count). The summed E-state index contributed by atoms with van der Waals surface area (Å²) in [5.74, 6) is 0.902. The molecule has 0 aromatic carbocycles. The van der Waals surface area contributed by atoms with Crippen molar-refractivity contribution in [3.8, 4) is 0 Å². The monoisotopic (exact) mass is 156 g/mol. The van der Waals surface area contributed by atoms with Crippen LogP contribution in [0.2, 0.25) is 0 Å². The number of esters is 1. The molecule has 0 N–H and O–H groups in total. The minimum absolute atomic E-state index is 0.197. The van der Waals surface area contributed by atoms with Gasteiger partial charge in [0, 0.05) is 5.92 Å². The first kappa shape index (κ1) is 7.10. The van der Waals surface area contributed by atoms with Gasteiger partial charge in [0.2, 0.25) is 0 Å². The van der Waals surface area contributed by atoms with Crippen molar-refractivity contribution in [2.24, 2.45) is 11.8 Å². The molecule has 0 radical (unpaired) electrons. The van der Waals surface area contributed by atoms with Crippen LogP contribution in [-0.2, 0) is 14.3 Å². The van der Waals surface area contributed by atoms with E-state index in [1.54, 1.807) is 0 Å². The van der Waals surface area contributed by atoms with E-state index in [9.17, 15) is 4.79 Å². The molecular weight excluding hydrogens is 144 g/mol. The third-order valence-electron chi connectivity index (χ3n) is 2.79. The topological polar surface area (TPSA) is 35.5 Å². The Kier molecular flexibility index (Phi) is 1.60. The fraction of sp³-hybridized carbons (Fsp3) is 0.875. The van der Waals surface area contributed by atoms with Crippen molar-refractivity contribution < 1.29 is 14.3 Å². The quantitative estimate of drug-likeness (QED) is 0.521. The Morgan fingerprint density at radius 3 is 2.82 bits per heavy atom. The summed E-state index contributed by atoms with van der Waals surface area (Å²) >= 11 is 0. The van der Waals surface area contributed by atoms with Crippen LogP contribution in [0.1, 0.15) is 12.8 Å². The summed E-state index contributed by atoms with van der Waals surface area (Å²) in [4.78, 5) is 11.1. The lowest BCUT2D eigenvalue weighted by Gasteiger charge is -2.30. The van der Waals surface area contributed by atoms with E-state index in [0.717, 1.165) is 13.0 Å². The Labute approximate surface area is 65.7 Å². The summed E-state index contributed by atoms with van der Waals surface area (Å²) in [5, 5.41) is 0. The zero-order valence-corrected chi connectivity index (χ0v) is 6.58. The smallest absolute Gasteiger partial charge is 0.335 e. The van der Waals surface area contributed by atoms with Crippen molar-refractivity contribution in [1.82, 2.24) is 0 Å². The highest BCUT2D eigenvalue weighted by Gasteiger charge is 2.47. The van der Waals surface area contributed by atoms with Gasteiger partial charge in [0.1, 0.15) is 0 Å². The number of hydrogen-bond acceptors (Lipinski definition) is 3. The van der Waals surface area contributed by atoms with Crippen LogP contribution in [-0.4, -0.2) is 25.8 Å². The molecule has 62 valence electrons. The molecule has 1 aliphatic carbocycles. The van der Waals surface area contributed by atoms with Crippen LogP contribution in [0.15, 0.2) is 0 Å². The average molecular weight is 156 g/mol. The number of methoxy groups -OCH3 is 1. The zero-order chi connectivity index (χ0) is 7.84. The minimum Gasteiger partial charge on any atom is -0.467 e. The molecule has 0 amide bonds. The number of hydrogen-bond donors (Lipinski definition) is 0. The van der Waals surface area contributed by atoms with Gasteiger partial charge in [-0.3, -0.25) is 0 Å². The van der Waals surface area contributed by atoms with Gasteiger partial charge >= 0.3 is 5.97 Å². The second kappa shape index (κ2) is 2.48. The summed E-state index contributed by atoms with van der Waals surface area (Å²) in [7, 11) is 1.41.